The average Bonchev–Trinajstić information content (AvgIpc) is 3.05. The van der Waals surface area contributed by atoms with E-state index >= 15 is 0 Å². The van der Waals surface area contributed by atoms with Crippen molar-refractivity contribution >= 4 is 0 Å². The zero-order chi connectivity index (χ0) is 33.2. The topological polar surface area (TPSA) is 191 Å². The summed E-state index contributed by atoms with van der Waals surface area (Å²) in [6, 6.07) is 0. The van der Waals surface area contributed by atoms with Crippen LogP contribution in [0.5, 0.6) is 0 Å². The Hall–Kier alpha value is -0.400. The summed E-state index contributed by atoms with van der Waals surface area (Å²) in [5, 5.41) is 72.0. The molecule has 0 bridgehead atoms. The molecular weight excluding hydrogens is 556 g/mol. The Balaban J connectivity index is -0.000000339. The molecule has 0 aromatic rings. The molecule has 0 aliphatic carbocycles. The first kappa shape index (κ1) is 49.5. The summed E-state index contributed by atoms with van der Waals surface area (Å²) < 4.78 is 5.78. The van der Waals surface area contributed by atoms with E-state index < -0.39 is 18.3 Å². The summed E-state index contributed by atoms with van der Waals surface area (Å²) in [7, 11) is 0. The van der Waals surface area contributed by atoms with E-state index in [-0.39, 0.29) is 39.6 Å². The van der Waals surface area contributed by atoms with E-state index in [0.717, 1.165) is 13.2 Å². The van der Waals surface area contributed by atoms with Crippen LogP contribution in [0.3, 0.4) is 0 Å². The third kappa shape index (κ3) is 57.8. The van der Waals surface area contributed by atoms with E-state index in [9.17, 15) is 0 Å². The molecule has 0 radical (unpaired) electrons. The molecule has 0 fully saturated rings. The molecule has 0 spiro atoms. The van der Waals surface area contributed by atoms with Crippen molar-refractivity contribution < 1.29 is 50.7 Å². The van der Waals surface area contributed by atoms with Gasteiger partial charge in [-0.25, -0.2) is 0 Å². The first-order valence-corrected chi connectivity index (χ1v) is 17.1. The highest BCUT2D eigenvalue weighted by Crippen LogP contribution is 2.12. The number of hydrogen-bond donors (Lipinski definition) is 9. The van der Waals surface area contributed by atoms with Crippen LogP contribution in [0.4, 0.5) is 0 Å². The number of unbranched alkanes of at least 4 members (excludes halogenated alkanes) is 18. The van der Waals surface area contributed by atoms with Gasteiger partial charge >= 0.3 is 0 Å². The molecule has 0 saturated carbocycles. The maximum absolute atomic E-state index is 8.17. The second-order valence-electron chi connectivity index (χ2n) is 11.0. The summed E-state index contributed by atoms with van der Waals surface area (Å²) >= 11 is 0. The van der Waals surface area contributed by atoms with E-state index in [4.69, 9.17) is 50.7 Å². The molecule has 0 amide bonds. The fourth-order valence-corrected chi connectivity index (χ4v) is 3.66. The van der Waals surface area contributed by atoms with Crippen LogP contribution >= 0.6 is 0 Å². The lowest BCUT2D eigenvalue weighted by molar-refractivity contribution is 0.0450. The lowest BCUT2D eigenvalue weighted by Gasteiger charge is -2.05. The molecule has 266 valence electrons. The standard InChI is InChI=1S/C24H50O.3C3H8O3/c1-3-5-7-9-11-13-15-17-19-21-23-25-24-22-20-18-16-14-12-10-8-6-4-2;3*4-1-3(6)2-5/h3-24H2,1-2H3;3*3-6H,1-2H2. The van der Waals surface area contributed by atoms with Crippen molar-refractivity contribution in [3.8, 4) is 0 Å². The molecule has 0 heterocycles. The molecule has 9 N–H and O–H groups in total. The van der Waals surface area contributed by atoms with Crippen LogP contribution in [0.2, 0.25) is 0 Å². The highest BCUT2D eigenvalue weighted by molar-refractivity contribution is 4.49. The summed E-state index contributed by atoms with van der Waals surface area (Å²) in [5.74, 6) is 0. The summed E-state index contributed by atoms with van der Waals surface area (Å²) in [5.41, 5.74) is 0. The average molecular weight is 631 g/mol. The van der Waals surface area contributed by atoms with Gasteiger partial charge in [0.1, 0.15) is 18.3 Å². The van der Waals surface area contributed by atoms with Crippen LogP contribution in [-0.2, 0) is 4.74 Å². The molecule has 0 rings (SSSR count). The molecule has 0 atom stereocenters. The summed E-state index contributed by atoms with van der Waals surface area (Å²) in [6.07, 6.45) is 25.3. The van der Waals surface area contributed by atoms with E-state index in [1.165, 1.54) is 128 Å². The van der Waals surface area contributed by atoms with Gasteiger partial charge in [-0.2, -0.15) is 0 Å². The maximum Gasteiger partial charge on any atom is 0.100 e. The summed E-state index contributed by atoms with van der Waals surface area (Å²) in [4.78, 5) is 0. The molecule has 0 aliphatic heterocycles. The Labute approximate surface area is 264 Å². The van der Waals surface area contributed by atoms with E-state index in [2.05, 4.69) is 13.8 Å². The van der Waals surface area contributed by atoms with Gasteiger partial charge in [0, 0.05) is 13.2 Å². The van der Waals surface area contributed by atoms with Gasteiger partial charge in [0.05, 0.1) is 39.6 Å². The van der Waals surface area contributed by atoms with Crippen LogP contribution in [-0.4, -0.2) is 117 Å². The fourth-order valence-electron chi connectivity index (χ4n) is 3.66. The lowest BCUT2D eigenvalue weighted by atomic mass is 10.1. The third-order valence-electron chi connectivity index (χ3n) is 6.55. The normalized spacial score (nSPS) is 10.7. The van der Waals surface area contributed by atoms with Crippen LogP contribution in [0.15, 0.2) is 0 Å². The van der Waals surface area contributed by atoms with Crippen LogP contribution in [0.25, 0.3) is 0 Å². The molecule has 10 nitrogen and oxygen atoms in total. The minimum absolute atomic E-state index is 0.365. The fraction of sp³-hybridized carbons (Fsp3) is 1.00. The van der Waals surface area contributed by atoms with Gasteiger partial charge in [0.25, 0.3) is 0 Å². The van der Waals surface area contributed by atoms with Crippen LogP contribution in [0, 0.1) is 0 Å². The molecule has 0 saturated heterocycles. The van der Waals surface area contributed by atoms with E-state index in [1.807, 2.05) is 0 Å². The highest BCUT2D eigenvalue weighted by Gasteiger charge is 1.96. The predicted molar refractivity (Wildman–Crippen MR) is 175 cm³/mol. The van der Waals surface area contributed by atoms with Crippen LogP contribution in [0.1, 0.15) is 142 Å². The molecule has 10 heteroatoms. The quantitative estimate of drug-likeness (QED) is 0.0574. The Morgan fingerprint density at radius 1 is 0.326 bits per heavy atom. The van der Waals surface area contributed by atoms with Gasteiger partial charge in [-0.15, -0.1) is 0 Å². The molecule has 0 unspecified atom stereocenters. The van der Waals surface area contributed by atoms with Crippen molar-refractivity contribution in [3.63, 3.8) is 0 Å². The maximum atomic E-state index is 8.17. The van der Waals surface area contributed by atoms with Crippen molar-refractivity contribution in [2.75, 3.05) is 52.9 Å². The Morgan fingerprint density at radius 3 is 0.674 bits per heavy atom. The monoisotopic (exact) mass is 631 g/mol. The van der Waals surface area contributed by atoms with Gasteiger partial charge in [-0.1, -0.05) is 129 Å². The minimum Gasteiger partial charge on any atom is -0.394 e. The van der Waals surface area contributed by atoms with E-state index in [1.54, 1.807) is 0 Å². The first-order chi connectivity index (χ1) is 20.8. The summed E-state index contributed by atoms with van der Waals surface area (Å²) in [6.45, 7) is 4.38. The molecule has 0 aromatic carbocycles. The Kier molecular flexibility index (Phi) is 55.8. The number of hydrogen-bond acceptors (Lipinski definition) is 10. The number of ether oxygens (including phenoxy) is 1. The highest BCUT2D eigenvalue weighted by atomic mass is 16.5. The smallest absolute Gasteiger partial charge is 0.100 e. The van der Waals surface area contributed by atoms with Gasteiger partial charge in [-0.3, -0.25) is 0 Å². The van der Waals surface area contributed by atoms with E-state index in [0.29, 0.717) is 0 Å². The van der Waals surface area contributed by atoms with Crippen molar-refractivity contribution in [1.82, 2.24) is 0 Å². The van der Waals surface area contributed by atoms with Gasteiger partial charge in [-0.05, 0) is 12.8 Å². The van der Waals surface area contributed by atoms with Gasteiger partial charge < -0.3 is 50.7 Å². The Bertz CT molecular complexity index is 375. The predicted octanol–water partition coefficient (Wildman–Crippen LogP) is 3.84. The van der Waals surface area contributed by atoms with Crippen LogP contribution < -0.4 is 0 Å². The second-order valence-corrected chi connectivity index (χ2v) is 11.0. The first-order valence-electron chi connectivity index (χ1n) is 17.1. The molecule has 0 aliphatic rings. The molecule has 0 aromatic heterocycles. The second kappa shape index (κ2) is 48.5. The van der Waals surface area contributed by atoms with Crippen molar-refractivity contribution in [2.24, 2.45) is 0 Å². The number of aliphatic hydroxyl groups is 9. The largest absolute Gasteiger partial charge is 0.394 e. The SMILES string of the molecule is CCCCCCCCCCCCOCCCCCCCCCCCC.OCC(O)CO.OCC(O)CO.OCC(O)CO. The number of rotatable bonds is 28. The van der Waals surface area contributed by atoms with Crippen molar-refractivity contribution in [2.45, 2.75) is 161 Å². The number of aliphatic hydroxyl groups excluding tert-OH is 9. The zero-order valence-corrected chi connectivity index (χ0v) is 28.0. The van der Waals surface area contributed by atoms with Gasteiger partial charge in [0.2, 0.25) is 0 Å². The van der Waals surface area contributed by atoms with Crippen molar-refractivity contribution in [3.05, 3.63) is 0 Å². The lowest BCUT2D eigenvalue weighted by Crippen LogP contribution is -2.15. The third-order valence-corrected chi connectivity index (χ3v) is 6.55. The molecular formula is C33H74O10. The zero-order valence-electron chi connectivity index (χ0n) is 28.0. The minimum atomic E-state index is -0.954. The Morgan fingerprint density at radius 2 is 0.512 bits per heavy atom. The molecule has 43 heavy (non-hydrogen) atoms. The van der Waals surface area contributed by atoms with Crippen molar-refractivity contribution in [1.29, 1.82) is 0 Å². The van der Waals surface area contributed by atoms with Gasteiger partial charge in [0.15, 0.2) is 0 Å².